The van der Waals surface area contributed by atoms with Gasteiger partial charge in [0.1, 0.15) is 5.60 Å². The lowest BCUT2D eigenvalue weighted by molar-refractivity contribution is 0.0470. The minimum absolute atomic E-state index is 0.252. The third-order valence-electron chi connectivity index (χ3n) is 4.17. The van der Waals surface area contributed by atoms with Crippen molar-refractivity contribution >= 4 is 6.09 Å². The topological polar surface area (TPSA) is 54.5 Å². The van der Waals surface area contributed by atoms with E-state index in [0.29, 0.717) is 12.6 Å². The number of ether oxygens (including phenoxy) is 1. The molecule has 0 saturated carbocycles. The fourth-order valence-corrected chi connectivity index (χ4v) is 3.06. The largest absolute Gasteiger partial charge is 0.444 e. The Morgan fingerprint density at radius 2 is 2.22 bits per heavy atom. The van der Waals surface area contributed by atoms with Crippen LogP contribution in [0.2, 0.25) is 0 Å². The Balaban J connectivity index is 1.94. The van der Waals surface area contributed by atoms with Crippen molar-refractivity contribution in [1.29, 1.82) is 0 Å². The molecule has 2 atom stereocenters. The first-order chi connectivity index (χ1) is 10.9. The summed E-state index contributed by atoms with van der Waals surface area (Å²) >= 11 is 0. The summed E-state index contributed by atoms with van der Waals surface area (Å²) in [6.07, 6.45) is 4.98. The average Bonchev–Trinajstić information content (AvgIpc) is 2.52. The number of carbonyl (C=O) groups is 1. The number of likely N-dealkylation sites (tertiary alicyclic amines) is 1. The summed E-state index contributed by atoms with van der Waals surface area (Å²) in [6.45, 7) is 9.48. The van der Waals surface area contributed by atoms with Crippen molar-refractivity contribution in [2.45, 2.75) is 64.6 Å². The summed E-state index contributed by atoms with van der Waals surface area (Å²) in [4.78, 5) is 18.8. The van der Waals surface area contributed by atoms with E-state index in [1.54, 1.807) is 0 Å². The predicted molar refractivity (Wildman–Crippen MR) is 91.2 cm³/mol. The quantitative estimate of drug-likeness (QED) is 0.922. The normalized spacial score (nSPS) is 20.8. The fraction of sp³-hybridized carbons (Fsp3) is 0.667. The lowest BCUT2D eigenvalue weighted by atomic mass is 9.99. The van der Waals surface area contributed by atoms with Gasteiger partial charge in [-0.05, 0) is 59.2 Å². The van der Waals surface area contributed by atoms with Gasteiger partial charge in [-0.25, -0.2) is 4.79 Å². The molecule has 0 unspecified atom stereocenters. The van der Waals surface area contributed by atoms with E-state index >= 15 is 0 Å². The second-order valence-electron chi connectivity index (χ2n) is 7.20. The number of nitrogens with one attached hydrogen (secondary N) is 1. The third-order valence-corrected chi connectivity index (χ3v) is 4.17. The summed E-state index contributed by atoms with van der Waals surface area (Å²) < 4.78 is 5.33. The van der Waals surface area contributed by atoms with Crippen LogP contribution in [0.5, 0.6) is 0 Å². The molecule has 0 aliphatic carbocycles. The van der Waals surface area contributed by atoms with Crippen LogP contribution in [0.15, 0.2) is 24.4 Å². The van der Waals surface area contributed by atoms with Gasteiger partial charge in [-0.2, -0.15) is 0 Å². The zero-order valence-corrected chi connectivity index (χ0v) is 14.7. The molecule has 2 heterocycles. The van der Waals surface area contributed by atoms with Crippen molar-refractivity contribution in [3.05, 3.63) is 30.1 Å². The SMILES string of the molecule is C[C@H](c1ccccn1)N1CCCC[C@@H]1CNC(=O)OC(C)(C)C. The molecule has 1 aromatic heterocycles. The Kier molecular flexibility index (Phi) is 5.99. The highest BCUT2D eigenvalue weighted by atomic mass is 16.6. The maximum absolute atomic E-state index is 11.9. The number of pyridine rings is 1. The van der Waals surface area contributed by atoms with Gasteiger partial charge in [0.15, 0.2) is 0 Å². The van der Waals surface area contributed by atoms with Gasteiger partial charge in [0.25, 0.3) is 0 Å². The Bertz CT molecular complexity index is 499. The van der Waals surface area contributed by atoms with Gasteiger partial charge in [-0.3, -0.25) is 9.88 Å². The van der Waals surface area contributed by atoms with E-state index < -0.39 is 5.60 Å². The molecule has 1 N–H and O–H groups in total. The van der Waals surface area contributed by atoms with Crippen molar-refractivity contribution in [3.63, 3.8) is 0 Å². The molecule has 5 heteroatoms. The number of hydrogen-bond acceptors (Lipinski definition) is 4. The van der Waals surface area contributed by atoms with Crippen LogP contribution in [0.4, 0.5) is 4.79 Å². The molecule has 1 aliphatic heterocycles. The molecular formula is C18H29N3O2. The van der Waals surface area contributed by atoms with Gasteiger partial charge in [0, 0.05) is 24.8 Å². The smallest absolute Gasteiger partial charge is 0.407 e. The Hall–Kier alpha value is -1.62. The van der Waals surface area contributed by atoms with Gasteiger partial charge < -0.3 is 10.1 Å². The lowest BCUT2D eigenvalue weighted by Gasteiger charge is -2.39. The Morgan fingerprint density at radius 1 is 1.43 bits per heavy atom. The second kappa shape index (κ2) is 7.77. The number of hydrogen-bond donors (Lipinski definition) is 1. The molecule has 5 nitrogen and oxygen atoms in total. The first-order valence-electron chi connectivity index (χ1n) is 8.50. The number of nitrogens with zero attached hydrogens (tertiary/aromatic N) is 2. The van der Waals surface area contributed by atoms with E-state index in [1.165, 1.54) is 12.8 Å². The van der Waals surface area contributed by atoms with Crippen LogP contribution in [0.1, 0.15) is 58.7 Å². The standard InChI is InChI=1S/C18H29N3O2/c1-14(16-10-5-7-11-19-16)21-12-8-6-9-15(21)13-20-17(22)23-18(2,3)4/h5,7,10-11,14-15H,6,8-9,12-13H2,1-4H3,(H,20,22)/t14-,15-/m1/s1. The molecule has 1 saturated heterocycles. The molecular weight excluding hydrogens is 290 g/mol. The summed E-state index contributed by atoms with van der Waals surface area (Å²) in [5, 5.41) is 2.92. The number of carbonyl (C=O) groups excluding carboxylic acids is 1. The minimum atomic E-state index is -0.461. The number of piperidine rings is 1. The van der Waals surface area contributed by atoms with Crippen LogP contribution in [-0.4, -0.2) is 40.7 Å². The van der Waals surface area contributed by atoms with Gasteiger partial charge in [0.05, 0.1) is 5.69 Å². The van der Waals surface area contributed by atoms with Crippen molar-refractivity contribution in [3.8, 4) is 0 Å². The lowest BCUT2D eigenvalue weighted by Crippen LogP contribution is -2.48. The monoisotopic (exact) mass is 319 g/mol. The predicted octanol–water partition coefficient (Wildman–Crippen LogP) is 3.52. The van der Waals surface area contributed by atoms with Crippen molar-refractivity contribution in [2.24, 2.45) is 0 Å². The summed E-state index contributed by atoms with van der Waals surface area (Å²) in [5.41, 5.74) is 0.620. The third kappa shape index (κ3) is 5.50. The molecule has 2 rings (SSSR count). The van der Waals surface area contributed by atoms with E-state index in [9.17, 15) is 4.79 Å². The molecule has 1 aliphatic rings. The molecule has 0 spiro atoms. The maximum Gasteiger partial charge on any atom is 0.407 e. The number of aromatic nitrogens is 1. The molecule has 128 valence electrons. The van der Waals surface area contributed by atoms with Crippen LogP contribution >= 0.6 is 0 Å². The maximum atomic E-state index is 11.9. The van der Waals surface area contributed by atoms with Crippen molar-refractivity contribution in [1.82, 2.24) is 15.2 Å². The van der Waals surface area contributed by atoms with E-state index in [2.05, 4.69) is 28.2 Å². The van der Waals surface area contributed by atoms with Crippen LogP contribution < -0.4 is 5.32 Å². The molecule has 1 fully saturated rings. The van der Waals surface area contributed by atoms with E-state index in [4.69, 9.17) is 4.74 Å². The van der Waals surface area contributed by atoms with Crippen LogP contribution in [0, 0.1) is 0 Å². The van der Waals surface area contributed by atoms with Gasteiger partial charge >= 0.3 is 6.09 Å². The first kappa shape index (κ1) is 17.7. The molecule has 1 aromatic rings. The van der Waals surface area contributed by atoms with E-state index in [1.807, 2.05) is 39.1 Å². The summed E-state index contributed by atoms with van der Waals surface area (Å²) in [7, 11) is 0. The molecule has 23 heavy (non-hydrogen) atoms. The number of alkyl carbamates (subject to hydrolysis) is 1. The van der Waals surface area contributed by atoms with Gasteiger partial charge in [0.2, 0.25) is 0 Å². The minimum Gasteiger partial charge on any atom is -0.444 e. The van der Waals surface area contributed by atoms with Crippen LogP contribution in [0.3, 0.4) is 0 Å². The highest BCUT2D eigenvalue weighted by Crippen LogP contribution is 2.27. The van der Waals surface area contributed by atoms with Crippen LogP contribution in [-0.2, 0) is 4.74 Å². The number of amides is 1. The second-order valence-corrected chi connectivity index (χ2v) is 7.20. The van der Waals surface area contributed by atoms with E-state index in [0.717, 1.165) is 18.7 Å². The first-order valence-corrected chi connectivity index (χ1v) is 8.50. The molecule has 0 radical (unpaired) electrons. The van der Waals surface area contributed by atoms with Crippen molar-refractivity contribution in [2.75, 3.05) is 13.1 Å². The zero-order valence-electron chi connectivity index (χ0n) is 14.7. The zero-order chi connectivity index (χ0) is 16.9. The molecule has 0 bridgehead atoms. The highest BCUT2D eigenvalue weighted by Gasteiger charge is 2.28. The summed E-state index contributed by atoms with van der Waals surface area (Å²) in [5.74, 6) is 0. The highest BCUT2D eigenvalue weighted by molar-refractivity contribution is 5.67. The Morgan fingerprint density at radius 3 is 2.87 bits per heavy atom. The average molecular weight is 319 g/mol. The van der Waals surface area contributed by atoms with Crippen LogP contribution in [0.25, 0.3) is 0 Å². The molecule has 0 aromatic carbocycles. The fourth-order valence-electron chi connectivity index (χ4n) is 3.06. The molecule has 1 amide bonds. The summed E-state index contributed by atoms with van der Waals surface area (Å²) in [6, 6.07) is 6.61. The van der Waals surface area contributed by atoms with Gasteiger partial charge in [-0.1, -0.05) is 12.5 Å². The van der Waals surface area contributed by atoms with Gasteiger partial charge in [-0.15, -0.1) is 0 Å². The number of rotatable bonds is 4. The van der Waals surface area contributed by atoms with E-state index in [-0.39, 0.29) is 12.1 Å². The Labute approximate surface area is 139 Å². The van der Waals surface area contributed by atoms with Crippen molar-refractivity contribution < 1.29 is 9.53 Å².